The summed E-state index contributed by atoms with van der Waals surface area (Å²) in [5.74, 6) is -0.409. The summed E-state index contributed by atoms with van der Waals surface area (Å²) in [7, 11) is 0. The van der Waals surface area contributed by atoms with Crippen molar-refractivity contribution in [1.29, 1.82) is 0 Å². The van der Waals surface area contributed by atoms with Gasteiger partial charge in [0.25, 0.3) is 5.91 Å². The van der Waals surface area contributed by atoms with Crippen LogP contribution in [0.3, 0.4) is 0 Å². The fourth-order valence-electron chi connectivity index (χ4n) is 4.21. The molecule has 0 aliphatic carbocycles. The maximum Gasteiger partial charge on any atom is 0.410 e. The van der Waals surface area contributed by atoms with Crippen LogP contribution in [0, 0.1) is 0 Å². The number of carbonyl (C=O) groups excluding carboxylic acids is 1. The number of pyridine rings is 1. The van der Waals surface area contributed by atoms with Crippen molar-refractivity contribution in [3.8, 4) is 0 Å². The van der Waals surface area contributed by atoms with Gasteiger partial charge in [0.2, 0.25) is 0 Å². The Morgan fingerprint density at radius 1 is 1.14 bits per heavy atom. The molecule has 0 saturated heterocycles. The molecule has 10 heteroatoms. The molecule has 0 bridgehead atoms. The van der Waals surface area contributed by atoms with Gasteiger partial charge in [0, 0.05) is 43.4 Å². The number of benzene rings is 1. The number of amides is 1. The summed E-state index contributed by atoms with van der Waals surface area (Å²) in [6.07, 6.45) is -1.03. The zero-order valence-electron chi connectivity index (χ0n) is 19.6. The quantitative estimate of drug-likeness (QED) is 0.414. The van der Waals surface area contributed by atoms with E-state index in [9.17, 15) is 18.0 Å². The van der Waals surface area contributed by atoms with Crippen LogP contribution in [0.5, 0.6) is 0 Å². The molecule has 1 unspecified atom stereocenters. The first kappa shape index (κ1) is 24.7. The minimum absolute atomic E-state index is 0.0730. The van der Waals surface area contributed by atoms with E-state index >= 15 is 0 Å². The second kappa shape index (κ2) is 10.1. The largest absolute Gasteiger partial charge is 0.410 e. The smallest absolute Gasteiger partial charge is 0.363 e. The number of hydrogen-bond acceptors (Lipinski definition) is 5. The molecule has 0 saturated carbocycles. The Morgan fingerprint density at radius 3 is 2.57 bits per heavy atom. The van der Waals surface area contributed by atoms with Crippen LogP contribution in [0.25, 0.3) is 0 Å². The van der Waals surface area contributed by atoms with Crippen molar-refractivity contribution < 1.29 is 18.0 Å². The van der Waals surface area contributed by atoms with E-state index in [-0.39, 0.29) is 17.8 Å². The van der Waals surface area contributed by atoms with Crippen molar-refractivity contribution in [1.82, 2.24) is 25.4 Å². The minimum Gasteiger partial charge on any atom is -0.363 e. The van der Waals surface area contributed by atoms with Crippen molar-refractivity contribution >= 4 is 11.7 Å². The molecule has 3 N–H and O–H groups in total. The van der Waals surface area contributed by atoms with E-state index in [1.165, 1.54) is 6.20 Å². The third-order valence-corrected chi connectivity index (χ3v) is 5.99. The Labute approximate surface area is 202 Å². The number of nitrogens with one attached hydrogen (secondary N) is 3. The maximum atomic E-state index is 13.9. The summed E-state index contributed by atoms with van der Waals surface area (Å²) in [4.78, 5) is 17.4. The number of carbonyl (C=O) groups is 1. The third-order valence-electron chi connectivity index (χ3n) is 5.99. The normalized spacial score (nSPS) is 18.0. The Hall–Kier alpha value is -3.40. The first-order valence-corrected chi connectivity index (χ1v) is 11.5. The van der Waals surface area contributed by atoms with Gasteiger partial charge in [-0.25, -0.2) is 4.68 Å². The van der Waals surface area contributed by atoms with Crippen LogP contribution in [0.1, 0.15) is 54.0 Å². The van der Waals surface area contributed by atoms with Crippen molar-refractivity contribution in [3.05, 3.63) is 77.7 Å². The number of alkyl halides is 3. The molecule has 4 rings (SSSR count). The molecule has 0 radical (unpaired) electrons. The van der Waals surface area contributed by atoms with Gasteiger partial charge in [0.05, 0.1) is 12.2 Å². The molecule has 1 aliphatic heterocycles. The van der Waals surface area contributed by atoms with Gasteiger partial charge in [-0.2, -0.15) is 18.3 Å². The van der Waals surface area contributed by atoms with E-state index in [2.05, 4.69) is 26.0 Å². The number of nitrogens with zero attached hydrogens (tertiary/aromatic N) is 3. The van der Waals surface area contributed by atoms with Gasteiger partial charge >= 0.3 is 6.18 Å². The van der Waals surface area contributed by atoms with E-state index in [1.807, 2.05) is 38.1 Å². The topological polar surface area (TPSA) is 83.9 Å². The fraction of sp³-hybridized carbons (Fsp3) is 0.400. The molecule has 2 aromatic heterocycles. The number of aromatic nitrogens is 3. The first-order valence-electron chi connectivity index (χ1n) is 11.5. The van der Waals surface area contributed by atoms with Crippen LogP contribution < -0.4 is 16.0 Å². The first-order chi connectivity index (χ1) is 16.6. The van der Waals surface area contributed by atoms with E-state index in [1.54, 1.807) is 30.5 Å². The average Bonchev–Trinajstić information content (AvgIpc) is 3.26. The summed E-state index contributed by atoms with van der Waals surface area (Å²) in [6, 6.07) is 12.2. The summed E-state index contributed by atoms with van der Waals surface area (Å²) < 4.78 is 42.5. The zero-order valence-corrected chi connectivity index (χ0v) is 19.6. The Kier molecular flexibility index (Phi) is 7.11. The summed E-state index contributed by atoms with van der Waals surface area (Å²) in [5, 5.41) is 13.3. The van der Waals surface area contributed by atoms with Crippen molar-refractivity contribution in [2.24, 2.45) is 0 Å². The zero-order chi connectivity index (χ0) is 25.1. The van der Waals surface area contributed by atoms with Gasteiger partial charge < -0.3 is 16.0 Å². The number of fused-ring (bicyclic) bond motifs is 1. The molecular weight excluding hydrogens is 457 g/mol. The van der Waals surface area contributed by atoms with Crippen molar-refractivity contribution in [2.75, 3.05) is 18.4 Å². The second-order valence-electron chi connectivity index (χ2n) is 9.34. The highest BCUT2D eigenvalue weighted by Gasteiger charge is 2.47. The van der Waals surface area contributed by atoms with Crippen LogP contribution in [-0.2, 0) is 6.42 Å². The maximum absolute atomic E-state index is 13.9. The van der Waals surface area contributed by atoms with E-state index in [0.29, 0.717) is 13.1 Å². The van der Waals surface area contributed by atoms with Crippen LogP contribution in [0.4, 0.5) is 19.0 Å². The second-order valence-corrected chi connectivity index (χ2v) is 9.34. The number of hydrogen-bond donors (Lipinski definition) is 3. The molecule has 3 heterocycles. The Bertz CT molecular complexity index is 1130. The molecule has 0 fully saturated rings. The lowest BCUT2D eigenvalue weighted by Crippen LogP contribution is -2.50. The van der Waals surface area contributed by atoms with Crippen molar-refractivity contribution in [2.45, 2.75) is 50.5 Å². The predicted octanol–water partition coefficient (Wildman–Crippen LogP) is 4.28. The minimum atomic E-state index is -4.50. The lowest BCUT2D eigenvalue weighted by atomic mass is 9.96. The van der Waals surface area contributed by atoms with Gasteiger partial charge in [-0.05, 0) is 31.5 Å². The lowest BCUT2D eigenvalue weighted by molar-refractivity contribution is -0.173. The average molecular weight is 487 g/mol. The number of halogens is 3. The molecule has 186 valence electrons. The van der Waals surface area contributed by atoms with Crippen LogP contribution in [-0.4, -0.2) is 45.5 Å². The van der Waals surface area contributed by atoms with Crippen LogP contribution in [0.2, 0.25) is 0 Å². The summed E-state index contributed by atoms with van der Waals surface area (Å²) in [5.41, 5.74) is 1.12. The van der Waals surface area contributed by atoms with Gasteiger partial charge in [-0.3, -0.25) is 9.78 Å². The number of anilines is 1. The Balaban J connectivity index is 1.45. The fourth-order valence-corrected chi connectivity index (χ4v) is 4.21. The SMILES string of the molecule is CC(C)(CNCCc1ccccn1)NC(=O)c1cnn2c1NC(c1ccccc1)C[C@H]2C(F)(F)F. The van der Waals surface area contributed by atoms with Gasteiger partial charge in [0.1, 0.15) is 11.4 Å². The van der Waals surface area contributed by atoms with Crippen LogP contribution >= 0.6 is 0 Å². The molecule has 7 nitrogen and oxygen atoms in total. The summed E-state index contributed by atoms with van der Waals surface area (Å²) in [6.45, 7) is 4.86. The molecule has 0 spiro atoms. The highest BCUT2D eigenvalue weighted by Crippen LogP contribution is 2.44. The Morgan fingerprint density at radius 2 is 1.89 bits per heavy atom. The molecule has 2 atom stereocenters. The van der Waals surface area contributed by atoms with Gasteiger partial charge in [-0.15, -0.1) is 0 Å². The molecule has 35 heavy (non-hydrogen) atoms. The molecule has 3 aromatic rings. The predicted molar refractivity (Wildman–Crippen MR) is 127 cm³/mol. The van der Waals surface area contributed by atoms with Crippen molar-refractivity contribution in [3.63, 3.8) is 0 Å². The highest BCUT2D eigenvalue weighted by molar-refractivity contribution is 5.99. The highest BCUT2D eigenvalue weighted by atomic mass is 19.4. The standard InChI is InChI=1S/C25H29F3N6O/c1-24(2,16-29-13-11-18-10-6-7-12-30-18)33-23(35)19-15-31-34-21(25(26,27)28)14-20(32-22(19)34)17-8-4-3-5-9-17/h3-10,12,15,20-21,29,32H,11,13-14,16H2,1-2H3,(H,33,35)/t20?,21-/m0/s1. The van der Waals surface area contributed by atoms with Gasteiger partial charge in [-0.1, -0.05) is 36.4 Å². The van der Waals surface area contributed by atoms with Gasteiger partial charge in [0.15, 0.2) is 6.04 Å². The van der Waals surface area contributed by atoms with Crippen LogP contribution in [0.15, 0.2) is 60.9 Å². The molecule has 1 aromatic carbocycles. The monoisotopic (exact) mass is 486 g/mol. The molecule has 1 aliphatic rings. The van der Waals surface area contributed by atoms with E-state index in [0.717, 1.165) is 22.4 Å². The summed E-state index contributed by atoms with van der Waals surface area (Å²) >= 11 is 0. The molecular formula is C25H29F3N6O. The molecule has 1 amide bonds. The number of rotatable bonds is 8. The van der Waals surface area contributed by atoms with E-state index in [4.69, 9.17) is 0 Å². The third kappa shape index (κ3) is 6.00. The van der Waals surface area contributed by atoms with E-state index < -0.39 is 29.7 Å². The lowest BCUT2D eigenvalue weighted by Gasteiger charge is -2.34.